The van der Waals surface area contributed by atoms with Crippen molar-refractivity contribution in [3.63, 3.8) is 0 Å². The van der Waals surface area contributed by atoms with Crippen LogP contribution in [0.3, 0.4) is 0 Å². The summed E-state index contributed by atoms with van der Waals surface area (Å²) in [6.45, 7) is 7.40. The molecule has 3 nitrogen and oxygen atoms in total. The maximum absolute atomic E-state index is 11.5. The van der Waals surface area contributed by atoms with E-state index in [-0.39, 0.29) is 5.97 Å². The van der Waals surface area contributed by atoms with E-state index in [0.717, 1.165) is 11.1 Å². The summed E-state index contributed by atoms with van der Waals surface area (Å²) in [5.74, 6) is -0.369. The van der Waals surface area contributed by atoms with Gasteiger partial charge in [0.25, 0.3) is 0 Å². The number of ether oxygens (including phenoxy) is 1. The Morgan fingerprint density at radius 2 is 1.91 bits per heavy atom. The molecule has 0 spiro atoms. The third kappa shape index (κ3) is 9.48. The van der Waals surface area contributed by atoms with Crippen LogP contribution in [0.15, 0.2) is 60.2 Å². The molecular weight excluding hydrogens is 288 g/mol. The van der Waals surface area contributed by atoms with Gasteiger partial charge in [0.1, 0.15) is 5.60 Å². The number of hydrogen-bond acceptors (Lipinski definition) is 3. The summed E-state index contributed by atoms with van der Waals surface area (Å²) >= 11 is 0. The van der Waals surface area contributed by atoms with Crippen LogP contribution in [0.5, 0.6) is 0 Å². The van der Waals surface area contributed by atoms with E-state index >= 15 is 0 Å². The highest BCUT2D eigenvalue weighted by atomic mass is 16.6. The molecule has 0 heterocycles. The number of esters is 1. The molecule has 23 heavy (non-hydrogen) atoms. The molecular formula is C20H26O3. The highest BCUT2D eigenvalue weighted by Crippen LogP contribution is 2.10. The van der Waals surface area contributed by atoms with E-state index in [1.165, 1.54) is 6.08 Å². The van der Waals surface area contributed by atoms with Crippen LogP contribution in [0.2, 0.25) is 0 Å². The van der Waals surface area contributed by atoms with E-state index in [1.807, 2.05) is 70.2 Å². The van der Waals surface area contributed by atoms with Gasteiger partial charge in [0.2, 0.25) is 0 Å². The lowest BCUT2D eigenvalue weighted by atomic mass is 10.1. The molecule has 1 aromatic carbocycles. The third-order valence-corrected chi connectivity index (χ3v) is 2.86. The predicted molar refractivity (Wildman–Crippen MR) is 94.8 cm³/mol. The fourth-order valence-corrected chi connectivity index (χ4v) is 1.88. The van der Waals surface area contributed by atoms with Crippen molar-refractivity contribution in [2.45, 2.75) is 45.8 Å². The van der Waals surface area contributed by atoms with Gasteiger partial charge >= 0.3 is 5.97 Å². The van der Waals surface area contributed by atoms with Crippen molar-refractivity contribution in [2.75, 3.05) is 0 Å². The molecule has 3 heteroatoms. The maximum atomic E-state index is 11.5. The lowest BCUT2D eigenvalue weighted by Gasteiger charge is -2.17. The van der Waals surface area contributed by atoms with Crippen LogP contribution in [0, 0.1) is 0 Å². The summed E-state index contributed by atoms with van der Waals surface area (Å²) in [6.07, 6.45) is 8.48. The number of carbonyl (C=O) groups excluding carboxylic acids is 1. The molecule has 0 saturated heterocycles. The van der Waals surface area contributed by atoms with Crippen LogP contribution in [-0.2, 0) is 9.53 Å². The van der Waals surface area contributed by atoms with Gasteiger partial charge in [-0.1, -0.05) is 60.2 Å². The van der Waals surface area contributed by atoms with Crippen LogP contribution >= 0.6 is 0 Å². The van der Waals surface area contributed by atoms with E-state index < -0.39 is 11.7 Å². The van der Waals surface area contributed by atoms with Gasteiger partial charge in [-0.3, -0.25) is 0 Å². The molecule has 0 amide bonds. The number of aliphatic hydroxyl groups excluding tert-OH is 1. The standard InChI is InChI=1S/C20H26O3/c1-16(9-8-12-19(22)23-20(2,3)4)15-18(21)14-13-17-10-6-5-7-11-17/h5-14,18,21H,15H2,1-4H3/b12-8+,14-13+,16-9-. The van der Waals surface area contributed by atoms with Crippen LogP contribution in [0.4, 0.5) is 0 Å². The zero-order valence-corrected chi connectivity index (χ0v) is 14.3. The van der Waals surface area contributed by atoms with Gasteiger partial charge in [0.15, 0.2) is 0 Å². The minimum Gasteiger partial charge on any atom is -0.457 e. The van der Waals surface area contributed by atoms with E-state index in [0.29, 0.717) is 6.42 Å². The summed E-state index contributed by atoms with van der Waals surface area (Å²) in [6, 6.07) is 9.83. The van der Waals surface area contributed by atoms with Crippen molar-refractivity contribution < 1.29 is 14.6 Å². The van der Waals surface area contributed by atoms with Gasteiger partial charge in [-0.15, -0.1) is 0 Å². The molecule has 0 aliphatic rings. The molecule has 1 N–H and O–H groups in total. The number of benzene rings is 1. The van der Waals surface area contributed by atoms with Crippen molar-refractivity contribution in [2.24, 2.45) is 0 Å². The number of carbonyl (C=O) groups is 1. The molecule has 1 atom stereocenters. The Bertz CT molecular complexity index is 575. The highest BCUT2D eigenvalue weighted by molar-refractivity contribution is 5.82. The molecule has 0 bridgehead atoms. The van der Waals surface area contributed by atoms with Crippen molar-refractivity contribution >= 4 is 12.0 Å². The first-order valence-corrected chi connectivity index (χ1v) is 7.74. The van der Waals surface area contributed by atoms with Crippen LogP contribution in [0.25, 0.3) is 6.08 Å². The van der Waals surface area contributed by atoms with E-state index in [2.05, 4.69) is 0 Å². The van der Waals surface area contributed by atoms with Gasteiger partial charge < -0.3 is 9.84 Å². The Labute approximate surface area is 139 Å². The van der Waals surface area contributed by atoms with Crippen molar-refractivity contribution in [3.8, 4) is 0 Å². The Morgan fingerprint density at radius 1 is 1.26 bits per heavy atom. The lowest BCUT2D eigenvalue weighted by molar-refractivity contribution is -0.148. The molecule has 0 radical (unpaired) electrons. The largest absolute Gasteiger partial charge is 0.457 e. The van der Waals surface area contributed by atoms with Gasteiger partial charge in [0.05, 0.1) is 6.10 Å². The zero-order valence-electron chi connectivity index (χ0n) is 14.3. The third-order valence-electron chi connectivity index (χ3n) is 2.86. The van der Waals surface area contributed by atoms with Gasteiger partial charge in [-0.05, 0) is 39.7 Å². The van der Waals surface area contributed by atoms with E-state index in [4.69, 9.17) is 4.74 Å². The molecule has 0 aliphatic heterocycles. The number of rotatable bonds is 6. The van der Waals surface area contributed by atoms with Crippen molar-refractivity contribution in [1.29, 1.82) is 0 Å². The molecule has 1 aromatic rings. The molecule has 1 rings (SSSR count). The SMILES string of the molecule is C/C(=C/C=C/C(=O)OC(C)(C)C)CC(O)/C=C/c1ccccc1. The second-order valence-corrected chi connectivity index (χ2v) is 6.45. The highest BCUT2D eigenvalue weighted by Gasteiger charge is 2.13. The topological polar surface area (TPSA) is 46.5 Å². The van der Waals surface area contributed by atoms with Gasteiger partial charge in [-0.2, -0.15) is 0 Å². The first-order valence-electron chi connectivity index (χ1n) is 7.74. The number of aliphatic hydroxyl groups is 1. The van der Waals surface area contributed by atoms with Crippen molar-refractivity contribution in [1.82, 2.24) is 0 Å². The molecule has 0 saturated carbocycles. The monoisotopic (exact) mass is 314 g/mol. The fourth-order valence-electron chi connectivity index (χ4n) is 1.88. The molecule has 1 unspecified atom stereocenters. The number of allylic oxidation sites excluding steroid dienone is 2. The fraction of sp³-hybridized carbons (Fsp3) is 0.350. The Balaban J connectivity index is 2.46. The molecule has 0 aliphatic carbocycles. The van der Waals surface area contributed by atoms with Gasteiger partial charge in [-0.25, -0.2) is 4.79 Å². The smallest absolute Gasteiger partial charge is 0.331 e. The quantitative estimate of drug-likeness (QED) is 0.484. The first-order chi connectivity index (χ1) is 10.8. The second kappa shape index (κ2) is 9.11. The molecule has 0 aromatic heterocycles. The van der Waals surface area contributed by atoms with E-state index in [9.17, 15) is 9.90 Å². The van der Waals surface area contributed by atoms with Crippen molar-refractivity contribution in [3.05, 3.63) is 65.8 Å². The normalized spacial score (nSPS) is 14.4. The Hall–Kier alpha value is -2.13. The first kappa shape index (κ1) is 18.9. The second-order valence-electron chi connectivity index (χ2n) is 6.45. The molecule has 0 fully saturated rings. The average Bonchev–Trinajstić information content (AvgIpc) is 2.44. The molecule has 124 valence electrons. The predicted octanol–water partition coefficient (Wildman–Crippen LogP) is 4.30. The summed E-state index contributed by atoms with van der Waals surface area (Å²) in [7, 11) is 0. The summed E-state index contributed by atoms with van der Waals surface area (Å²) in [4.78, 5) is 11.5. The zero-order chi connectivity index (χ0) is 17.3. The van der Waals surface area contributed by atoms with E-state index in [1.54, 1.807) is 12.2 Å². The average molecular weight is 314 g/mol. The number of hydrogen-bond donors (Lipinski definition) is 1. The van der Waals surface area contributed by atoms with Crippen LogP contribution in [0.1, 0.15) is 39.7 Å². The maximum Gasteiger partial charge on any atom is 0.331 e. The lowest BCUT2D eigenvalue weighted by Crippen LogP contribution is -2.22. The summed E-state index contributed by atoms with van der Waals surface area (Å²) in [5, 5.41) is 10.00. The minimum atomic E-state index is -0.554. The van der Waals surface area contributed by atoms with Crippen LogP contribution in [-0.4, -0.2) is 22.8 Å². The van der Waals surface area contributed by atoms with Crippen LogP contribution < -0.4 is 0 Å². The summed E-state index contributed by atoms with van der Waals surface area (Å²) < 4.78 is 5.17. The Kier molecular flexibility index (Phi) is 7.49. The Morgan fingerprint density at radius 3 is 2.52 bits per heavy atom. The van der Waals surface area contributed by atoms with Gasteiger partial charge in [0, 0.05) is 6.08 Å². The minimum absolute atomic E-state index is 0.369. The summed E-state index contributed by atoms with van der Waals surface area (Å²) in [5.41, 5.74) is 1.55.